The molecule has 1 aliphatic heterocycles. The Morgan fingerprint density at radius 3 is 2.18 bits per heavy atom. The molecule has 1 aliphatic rings. The summed E-state index contributed by atoms with van der Waals surface area (Å²) in [5.74, 6) is 2.84. The molecule has 1 saturated heterocycles. The lowest BCUT2D eigenvalue weighted by Gasteiger charge is -2.34. The van der Waals surface area contributed by atoms with Crippen molar-refractivity contribution in [2.45, 2.75) is 18.7 Å². The van der Waals surface area contributed by atoms with Gasteiger partial charge in [-0.3, -0.25) is 0 Å². The first-order chi connectivity index (χ1) is 15.9. The molecule has 0 N–H and O–H groups in total. The summed E-state index contributed by atoms with van der Waals surface area (Å²) in [6.45, 7) is 5.50. The normalized spacial score (nSPS) is 15.2. The second kappa shape index (κ2) is 8.45. The Labute approximate surface area is 192 Å². The van der Waals surface area contributed by atoms with Crippen LogP contribution in [0.2, 0.25) is 0 Å². The molecule has 1 fully saturated rings. The van der Waals surface area contributed by atoms with Crippen molar-refractivity contribution in [1.29, 1.82) is 0 Å². The van der Waals surface area contributed by atoms with E-state index < -0.39 is 10.0 Å². The number of nitrogens with zero attached hydrogens (tertiary/aromatic N) is 6. The lowest BCUT2D eigenvalue weighted by atomic mass is 10.2. The summed E-state index contributed by atoms with van der Waals surface area (Å²) in [5.41, 5.74) is 1.50. The largest absolute Gasteiger partial charge is 0.449 e. The van der Waals surface area contributed by atoms with Crippen LogP contribution < -0.4 is 4.90 Å². The van der Waals surface area contributed by atoms with Crippen LogP contribution in [0.4, 0.5) is 5.82 Å². The third kappa shape index (κ3) is 4.27. The van der Waals surface area contributed by atoms with Crippen LogP contribution in [0.3, 0.4) is 0 Å². The average Bonchev–Trinajstić information content (AvgIpc) is 3.51. The van der Waals surface area contributed by atoms with E-state index in [1.165, 1.54) is 4.31 Å². The minimum atomic E-state index is -3.59. The van der Waals surface area contributed by atoms with Gasteiger partial charge in [-0.15, -0.1) is 0 Å². The van der Waals surface area contributed by atoms with E-state index >= 15 is 0 Å². The number of rotatable bonds is 5. The SMILES string of the molecule is Cc1nc(N2CCN(S(=O)(=O)c3ccc(-c4coc(C)n4)cc3)CC2)cc(-n2cccc2)n1. The topological polar surface area (TPSA) is 97.4 Å². The number of hydrogen-bond donors (Lipinski definition) is 0. The second-order valence-electron chi connectivity index (χ2n) is 7.89. The highest BCUT2D eigenvalue weighted by Gasteiger charge is 2.29. The molecule has 0 radical (unpaired) electrons. The van der Waals surface area contributed by atoms with Gasteiger partial charge in [0.1, 0.15) is 29.4 Å². The number of benzene rings is 1. The maximum absolute atomic E-state index is 13.2. The molecular formula is C23H24N6O3S. The van der Waals surface area contributed by atoms with Gasteiger partial charge < -0.3 is 13.9 Å². The van der Waals surface area contributed by atoms with Gasteiger partial charge in [0.15, 0.2) is 5.89 Å². The fourth-order valence-electron chi connectivity index (χ4n) is 3.92. The number of piperazine rings is 1. The van der Waals surface area contributed by atoms with E-state index in [1.807, 2.05) is 42.1 Å². The van der Waals surface area contributed by atoms with Gasteiger partial charge in [-0.2, -0.15) is 4.31 Å². The molecule has 9 nitrogen and oxygen atoms in total. The lowest BCUT2D eigenvalue weighted by molar-refractivity contribution is 0.383. The van der Waals surface area contributed by atoms with E-state index in [1.54, 1.807) is 37.5 Å². The maximum atomic E-state index is 13.2. The highest BCUT2D eigenvalue weighted by atomic mass is 32.2. The fourth-order valence-corrected chi connectivity index (χ4v) is 5.34. The molecule has 170 valence electrons. The van der Waals surface area contributed by atoms with Crippen molar-refractivity contribution in [2.24, 2.45) is 0 Å². The summed E-state index contributed by atoms with van der Waals surface area (Å²) in [4.78, 5) is 15.7. The third-order valence-electron chi connectivity index (χ3n) is 5.65. The Bertz CT molecular complexity index is 1360. The molecule has 3 aromatic heterocycles. The van der Waals surface area contributed by atoms with Crippen LogP contribution in [0.5, 0.6) is 0 Å². The summed E-state index contributed by atoms with van der Waals surface area (Å²) in [6, 6.07) is 12.6. The molecule has 4 heterocycles. The van der Waals surface area contributed by atoms with Gasteiger partial charge in [-0.1, -0.05) is 12.1 Å². The van der Waals surface area contributed by atoms with Crippen molar-refractivity contribution in [3.8, 4) is 17.1 Å². The summed E-state index contributed by atoms with van der Waals surface area (Å²) < 4.78 is 35.1. The molecule has 0 atom stereocenters. The van der Waals surface area contributed by atoms with Gasteiger partial charge in [0, 0.05) is 57.1 Å². The van der Waals surface area contributed by atoms with Crippen molar-refractivity contribution in [2.75, 3.05) is 31.1 Å². The van der Waals surface area contributed by atoms with Crippen molar-refractivity contribution < 1.29 is 12.8 Å². The number of aromatic nitrogens is 4. The van der Waals surface area contributed by atoms with Crippen LogP contribution >= 0.6 is 0 Å². The quantitative estimate of drug-likeness (QED) is 0.448. The molecule has 0 spiro atoms. The number of anilines is 1. The van der Waals surface area contributed by atoms with E-state index in [-0.39, 0.29) is 4.90 Å². The Kier molecular flexibility index (Phi) is 5.47. The Hall–Kier alpha value is -3.50. The van der Waals surface area contributed by atoms with Crippen molar-refractivity contribution in [3.05, 3.63) is 72.8 Å². The van der Waals surface area contributed by atoms with Gasteiger partial charge in [0.05, 0.1) is 4.90 Å². The van der Waals surface area contributed by atoms with Crippen LogP contribution in [-0.4, -0.2) is 58.4 Å². The number of oxazole rings is 1. The summed E-state index contributed by atoms with van der Waals surface area (Å²) in [6.07, 6.45) is 5.44. The predicted octanol–water partition coefficient (Wildman–Crippen LogP) is 3.05. The van der Waals surface area contributed by atoms with E-state index in [2.05, 4.69) is 19.9 Å². The number of sulfonamides is 1. The molecule has 0 saturated carbocycles. The van der Waals surface area contributed by atoms with Crippen LogP contribution in [0.1, 0.15) is 11.7 Å². The van der Waals surface area contributed by atoms with Crippen LogP contribution in [0, 0.1) is 13.8 Å². The average molecular weight is 465 g/mol. The van der Waals surface area contributed by atoms with E-state index in [0.717, 1.165) is 17.2 Å². The molecule has 0 unspecified atom stereocenters. The van der Waals surface area contributed by atoms with E-state index in [4.69, 9.17) is 4.42 Å². The molecule has 0 bridgehead atoms. The monoisotopic (exact) mass is 464 g/mol. The van der Waals surface area contributed by atoms with Gasteiger partial charge in [0.2, 0.25) is 10.0 Å². The molecule has 1 aromatic carbocycles. The summed E-state index contributed by atoms with van der Waals surface area (Å²) in [5, 5.41) is 0. The maximum Gasteiger partial charge on any atom is 0.243 e. The van der Waals surface area contributed by atoms with Crippen molar-refractivity contribution in [1.82, 2.24) is 23.8 Å². The molecule has 4 aromatic rings. The van der Waals surface area contributed by atoms with Gasteiger partial charge in [0.25, 0.3) is 0 Å². The van der Waals surface area contributed by atoms with Crippen molar-refractivity contribution >= 4 is 15.8 Å². The molecule has 0 amide bonds. The molecule has 0 aliphatic carbocycles. The smallest absolute Gasteiger partial charge is 0.243 e. The Morgan fingerprint density at radius 2 is 1.55 bits per heavy atom. The van der Waals surface area contributed by atoms with Gasteiger partial charge in [-0.25, -0.2) is 23.4 Å². The zero-order valence-corrected chi connectivity index (χ0v) is 19.2. The first-order valence-corrected chi connectivity index (χ1v) is 12.1. The first kappa shape index (κ1) is 21.4. The second-order valence-corrected chi connectivity index (χ2v) is 9.83. The minimum absolute atomic E-state index is 0.271. The Morgan fingerprint density at radius 1 is 0.879 bits per heavy atom. The third-order valence-corrected chi connectivity index (χ3v) is 7.56. The van der Waals surface area contributed by atoms with Gasteiger partial charge >= 0.3 is 0 Å². The predicted molar refractivity (Wildman–Crippen MR) is 124 cm³/mol. The fraction of sp³-hybridized carbons (Fsp3) is 0.261. The zero-order valence-electron chi connectivity index (χ0n) is 18.4. The highest BCUT2D eigenvalue weighted by molar-refractivity contribution is 7.89. The summed E-state index contributed by atoms with van der Waals surface area (Å²) >= 11 is 0. The van der Waals surface area contributed by atoms with E-state index in [9.17, 15) is 8.42 Å². The van der Waals surface area contributed by atoms with Crippen LogP contribution in [0.15, 0.2) is 70.4 Å². The van der Waals surface area contributed by atoms with Gasteiger partial charge in [-0.05, 0) is 31.2 Å². The van der Waals surface area contributed by atoms with Crippen LogP contribution in [0.25, 0.3) is 17.1 Å². The molecule has 10 heteroatoms. The number of aryl methyl sites for hydroxylation is 2. The van der Waals surface area contributed by atoms with Crippen LogP contribution in [-0.2, 0) is 10.0 Å². The summed E-state index contributed by atoms with van der Waals surface area (Å²) in [7, 11) is -3.59. The Balaban J connectivity index is 1.30. The first-order valence-electron chi connectivity index (χ1n) is 10.7. The highest BCUT2D eigenvalue weighted by Crippen LogP contribution is 2.24. The van der Waals surface area contributed by atoms with Crippen molar-refractivity contribution in [3.63, 3.8) is 0 Å². The number of hydrogen-bond acceptors (Lipinski definition) is 7. The lowest BCUT2D eigenvalue weighted by Crippen LogP contribution is -2.49. The molecular weight excluding hydrogens is 440 g/mol. The molecule has 5 rings (SSSR count). The zero-order chi connectivity index (χ0) is 23.0. The minimum Gasteiger partial charge on any atom is -0.449 e. The standard InChI is InChI=1S/C23H24N6O3S/c1-17-24-22(27-9-3-4-10-27)15-23(25-17)28-11-13-29(14-12-28)33(30,31)20-7-5-19(6-8-20)21-16-32-18(2)26-21/h3-10,15-16H,11-14H2,1-2H3. The van der Waals surface area contributed by atoms with E-state index in [0.29, 0.717) is 43.6 Å². The molecule has 33 heavy (non-hydrogen) atoms.